The SMILES string of the molecule is COc1ccccc1[C@@H]1C=C(c2ccc(Br)cc2)Nc2nnnn21. The van der Waals surface area contributed by atoms with Crippen LogP contribution in [0.5, 0.6) is 5.75 Å². The summed E-state index contributed by atoms with van der Waals surface area (Å²) in [6, 6.07) is 15.8. The van der Waals surface area contributed by atoms with Crippen molar-refractivity contribution >= 4 is 27.6 Å². The van der Waals surface area contributed by atoms with Gasteiger partial charge in [0, 0.05) is 15.7 Å². The van der Waals surface area contributed by atoms with Gasteiger partial charge in [-0.1, -0.05) is 51.4 Å². The Bertz CT molecular complexity index is 903. The number of halogens is 1. The van der Waals surface area contributed by atoms with Crippen molar-refractivity contribution in [1.82, 2.24) is 20.2 Å². The van der Waals surface area contributed by atoms with Crippen molar-refractivity contribution in [1.29, 1.82) is 0 Å². The summed E-state index contributed by atoms with van der Waals surface area (Å²) in [5.74, 6) is 1.41. The van der Waals surface area contributed by atoms with Crippen LogP contribution in [0.15, 0.2) is 59.1 Å². The lowest BCUT2D eigenvalue weighted by atomic mass is 10.0. The zero-order valence-corrected chi connectivity index (χ0v) is 14.4. The predicted octanol–water partition coefficient (Wildman–Crippen LogP) is 3.50. The molecule has 0 radical (unpaired) electrons. The van der Waals surface area contributed by atoms with Crippen LogP contribution in [0.4, 0.5) is 5.95 Å². The molecule has 0 amide bonds. The molecule has 0 unspecified atom stereocenters. The number of para-hydroxylation sites is 1. The Balaban J connectivity index is 1.83. The average molecular weight is 384 g/mol. The van der Waals surface area contributed by atoms with Crippen LogP contribution in [0.3, 0.4) is 0 Å². The number of allylic oxidation sites excluding steroid dienone is 1. The van der Waals surface area contributed by atoms with Crippen molar-refractivity contribution in [3.8, 4) is 5.75 Å². The summed E-state index contributed by atoms with van der Waals surface area (Å²) < 4.78 is 8.30. The molecule has 0 aliphatic carbocycles. The van der Waals surface area contributed by atoms with E-state index in [2.05, 4.69) is 42.8 Å². The van der Waals surface area contributed by atoms with Gasteiger partial charge in [-0.15, -0.1) is 0 Å². The van der Waals surface area contributed by atoms with Crippen LogP contribution in [-0.4, -0.2) is 27.3 Å². The first kappa shape index (κ1) is 14.9. The van der Waals surface area contributed by atoms with Crippen molar-refractivity contribution in [3.05, 3.63) is 70.2 Å². The van der Waals surface area contributed by atoms with E-state index in [9.17, 15) is 0 Å². The Morgan fingerprint density at radius 1 is 1.12 bits per heavy atom. The molecular weight excluding hydrogens is 370 g/mol. The largest absolute Gasteiger partial charge is 0.496 e. The minimum Gasteiger partial charge on any atom is -0.496 e. The Hall–Kier alpha value is -2.67. The first-order valence-electron chi connectivity index (χ1n) is 7.42. The van der Waals surface area contributed by atoms with Crippen LogP contribution in [0.2, 0.25) is 0 Å². The second-order valence-corrected chi connectivity index (χ2v) is 6.26. The molecule has 1 aliphatic rings. The molecule has 0 fully saturated rings. The second kappa shape index (κ2) is 6.09. The number of fused-ring (bicyclic) bond motifs is 1. The monoisotopic (exact) mass is 383 g/mol. The number of ether oxygens (including phenoxy) is 1. The summed E-state index contributed by atoms with van der Waals surface area (Å²) in [7, 11) is 1.67. The summed E-state index contributed by atoms with van der Waals surface area (Å²) in [4.78, 5) is 0. The minimum atomic E-state index is -0.147. The Labute approximate surface area is 147 Å². The number of rotatable bonds is 3. The average Bonchev–Trinajstić information content (AvgIpc) is 3.10. The Kier molecular flexibility index (Phi) is 3.78. The van der Waals surface area contributed by atoms with Crippen LogP contribution < -0.4 is 10.1 Å². The fraction of sp³-hybridized carbons (Fsp3) is 0.118. The van der Waals surface area contributed by atoms with E-state index in [4.69, 9.17) is 4.74 Å². The number of tetrazole rings is 1. The molecule has 2 heterocycles. The fourth-order valence-electron chi connectivity index (χ4n) is 2.78. The molecule has 24 heavy (non-hydrogen) atoms. The quantitative estimate of drug-likeness (QED) is 0.749. The zero-order chi connectivity index (χ0) is 16.5. The first-order valence-corrected chi connectivity index (χ1v) is 8.21. The highest BCUT2D eigenvalue weighted by molar-refractivity contribution is 9.10. The molecule has 7 heteroatoms. The van der Waals surface area contributed by atoms with Gasteiger partial charge in [-0.05, 0) is 40.3 Å². The number of aromatic nitrogens is 4. The normalized spacial score (nSPS) is 16.1. The molecule has 0 saturated heterocycles. The van der Waals surface area contributed by atoms with E-state index >= 15 is 0 Å². The molecule has 1 aromatic heterocycles. The van der Waals surface area contributed by atoms with E-state index < -0.39 is 0 Å². The van der Waals surface area contributed by atoms with E-state index in [1.807, 2.05) is 48.5 Å². The molecule has 3 aromatic rings. The topological polar surface area (TPSA) is 64.9 Å². The predicted molar refractivity (Wildman–Crippen MR) is 94.7 cm³/mol. The van der Waals surface area contributed by atoms with Crippen LogP contribution in [0, 0.1) is 0 Å². The molecule has 1 N–H and O–H groups in total. The number of nitrogens with one attached hydrogen (secondary N) is 1. The van der Waals surface area contributed by atoms with Gasteiger partial charge in [-0.2, -0.15) is 4.68 Å². The molecule has 0 bridgehead atoms. The van der Waals surface area contributed by atoms with Gasteiger partial charge in [0.2, 0.25) is 5.95 Å². The van der Waals surface area contributed by atoms with Crippen LogP contribution >= 0.6 is 15.9 Å². The molecule has 2 aromatic carbocycles. The van der Waals surface area contributed by atoms with E-state index in [0.717, 1.165) is 27.0 Å². The molecule has 6 nitrogen and oxygen atoms in total. The molecule has 0 spiro atoms. The van der Waals surface area contributed by atoms with Crippen molar-refractivity contribution in [3.63, 3.8) is 0 Å². The van der Waals surface area contributed by atoms with E-state index in [0.29, 0.717) is 5.95 Å². The molecule has 1 atom stereocenters. The second-order valence-electron chi connectivity index (χ2n) is 5.35. The number of methoxy groups -OCH3 is 1. The van der Waals surface area contributed by atoms with E-state index in [1.54, 1.807) is 11.8 Å². The summed E-state index contributed by atoms with van der Waals surface area (Å²) in [6.07, 6.45) is 2.10. The molecule has 4 rings (SSSR count). The summed E-state index contributed by atoms with van der Waals surface area (Å²) in [5, 5.41) is 15.3. The highest BCUT2D eigenvalue weighted by Crippen LogP contribution is 2.35. The lowest BCUT2D eigenvalue weighted by molar-refractivity contribution is 0.403. The number of hydrogen-bond acceptors (Lipinski definition) is 5. The summed E-state index contributed by atoms with van der Waals surface area (Å²) >= 11 is 3.46. The van der Waals surface area contributed by atoms with Gasteiger partial charge in [-0.25, -0.2) is 0 Å². The number of hydrogen-bond donors (Lipinski definition) is 1. The first-order chi connectivity index (χ1) is 11.8. The highest BCUT2D eigenvalue weighted by atomic mass is 79.9. The Morgan fingerprint density at radius 3 is 2.71 bits per heavy atom. The van der Waals surface area contributed by atoms with Crippen LogP contribution in [0.1, 0.15) is 17.2 Å². The number of benzene rings is 2. The standard InChI is InChI=1S/C17H14BrN5O/c1-24-16-5-3-2-4-13(16)15-10-14(11-6-8-12(18)9-7-11)19-17-20-21-22-23(15)17/h2-10,15H,1H3,(H,19,20,22)/t15-/m0/s1. The van der Waals surface area contributed by atoms with Gasteiger partial charge in [-0.3, -0.25) is 0 Å². The van der Waals surface area contributed by atoms with Crippen molar-refractivity contribution in [2.45, 2.75) is 6.04 Å². The molecule has 1 aliphatic heterocycles. The molecular formula is C17H14BrN5O. The van der Waals surface area contributed by atoms with Gasteiger partial charge in [0.05, 0.1) is 7.11 Å². The maximum atomic E-state index is 5.51. The maximum absolute atomic E-state index is 5.51. The number of nitrogens with zero attached hydrogens (tertiary/aromatic N) is 4. The third kappa shape index (κ3) is 2.56. The Morgan fingerprint density at radius 2 is 1.92 bits per heavy atom. The summed E-state index contributed by atoms with van der Waals surface area (Å²) in [6.45, 7) is 0. The van der Waals surface area contributed by atoms with Gasteiger partial charge >= 0.3 is 0 Å². The molecule has 0 saturated carbocycles. The lowest BCUT2D eigenvalue weighted by Gasteiger charge is -2.24. The van der Waals surface area contributed by atoms with E-state index in [-0.39, 0.29) is 6.04 Å². The van der Waals surface area contributed by atoms with Crippen molar-refractivity contribution in [2.24, 2.45) is 0 Å². The highest BCUT2D eigenvalue weighted by Gasteiger charge is 2.26. The smallest absolute Gasteiger partial charge is 0.248 e. The van der Waals surface area contributed by atoms with Gasteiger partial charge < -0.3 is 10.1 Å². The van der Waals surface area contributed by atoms with Gasteiger partial charge in [0.1, 0.15) is 11.8 Å². The van der Waals surface area contributed by atoms with Crippen LogP contribution in [-0.2, 0) is 0 Å². The van der Waals surface area contributed by atoms with Crippen LogP contribution in [0.25, 0.3) is 5.70 Å². The molecule has 120 valence electrons. The van der Waals surface area contributed by atoms with Crippen molar-refractivity contribution in [2.75, 3.05) is 12.4 Å². The maximum Gasteiger partial charge on any atom is 0.248 e. The third-order valence-electron chi connectivity index (χ3n) is 3.94. The fourth-order valence-corrected chi connectivity index (χ4v) is 3.05. The zero-order valence-electron chi connectivity index (χ0n) is 12.8. The van der Waals surface area contributed by atoms with E-state index in [1.165, 1.54) is 0 Å². The number of anilines is 1. The third-order valence-corrected chi connectivity index (χ3v) is 4.47. The van der Waals surface area contributed by atoms with Gasteiger partial charge in [0.15, 0.2) is 0 Å². The lowest BCUT2D eigenvalue weighted by Crippen LogP contribution is -2.20. The summed E-state index contributed by atoms with van der Waals surface area (Å²) in [5.41, 5.74) is 3.03. The van der Waals surface area contributed by atoms with Crippen molar-refractivity contribution < 1.29 is 4.74 Å². The van der Waals surface area contributed by atoms with Gasteiger partial charge in [0.25, 0.3) is 0 Å². The minimum absolute atomic E-state index is 0.147.